The van der Waals surface area contributed by atoms with Crippen molar-refractivity contribution >= 4 is 34.5 Å². The van der Waals surface area contributed by atoms with Crippen molar-refractivity contribution in [2.45, 2.75) is 6.92 Å². The molecule has 0 spiro atoms. The molecule has 2 N–H and O–H groups in total. The maximum absolute atomic E-state index is 12.0. The van der Waals surface area contributed by atoms with Gasteiger partial charge in [-0.2, -0.15) is 0 Å². The van der Waals surface area contributed by atoms with E-state index >= 15 is 0 Å². The maximum atomic E-state index is 12.0. The van der Waals surface area contributed by atoms with Crippen LogP contribution in [0.1, 0.15) is 25.9 Å². The van der Waals surface area contributed by atoms with E-state index in [0.717, 1.165) is 0 Å². The number of benzene rings is 1. The van der Waals surface area contributed by atoms with Crippen LogP contribution in [0.2, 0.25) is 0 Å². The van der Waals surface area contributed by atoms with Gasteiger partial charge < -0.3 is 15.2 Å². The lowest BCUT2D eigenvalue weighted by molar-refractivity contribution is 0.101. The van der Waals surface area contributed by atoms with Crippen molar-refractivity contribution in [1.82, 2.24) is 5.16 Å². The third kappa shape index (κ3) is 3.64. The van der Waals surface area contributed by atoms with Gasteiger partial charge in [0.25, 0.3) is 11.8 Å². The van der Waals surface area contributed by atoms with E-state index in [1.807, 2.05) is 11.4 Å². The lowest BCUT2D eigenvalue weighted by atomic mass is 10.2. The van der Waals surface area contributed by atoms with Crippen LogP contribution >= 0.6 is 11.3 Å². The van der Waals surface area contributed by atoms with Gasteiger partial charge in [0.15, 0.2) is 5.69 Å². The van der Waals surface area contributed by atoms with Gasteiger partial charge in [-0.3, -0.25) is 9.59 Å². The Morgan fingerprint density at radius 2 is 1.78 bits per heavy atom. The molecule has 2 heterocycles. The van der Waals surface area contributed by atoms with Crippen LogP contribution < -0.4 is 10.6 Å². The summed E-state index contributed by atoms with van der Waals surface area (Å²) in [7, 11) is 0. The van der Waals surface area contributed by atoms with Gasteiger partial charge in [-0.15, -0.1) is 11.3 Å². The molecule has 2 aromatic heterocycles. The number of amides is 2. The molecular formula is C16H13N3O3S. The van der Waals surface area contributed by atoms with Crippen LogP contribution in [0.15, 0.2) is 52.4 Å². The summed E-state index contributed by atoms with van der Waals surface area (Å²) in [6.07, 6.45) is 0. The summed E-state index contributed by atoms with van der Waals surface area (Å²) in [6, 6.07) is 12.0. The van der Waals surface area contributed by atoms with Crippen LogP contribution in [0.4, 0.5) is 11.4 Å². The molecule has 0 saturated heterocycles. The monoisotopic (exact) mass is 327 g/mol. The van der Waals surface area contributed by atoms with Crippen LogP contribution in [0.3, 0.4) is 0 Å². The van der Waals surface area contributed by atoms with Gasteiger partial charge in [0.2, 0.25) is 0 Å². The van der Waals surface area contributed by atoms with Crippen LogP contribution in [-0.4, -0.2) is 17.0 Å². The fourth-order valence-corrected chi connectivity index (χ4v) is 2.56. The summed E-state index contributed by atoms with van der Waals surface area (Å²) in [5.41, 5.74) is 1.35. The molecular weight excluding hydrogens is 314 g/mol. The molecule has 0 saturated carbocycles. The number of anilines is 2. The van der Waals surface area contributed by atoms with E-state index in [-0.39, 0.29) is 17.5 Å². The fraction of sp³-hybridized carbons (Fsp3) is 0.0625. The van der Waals surface area contributed by atoms with E-state index in [2.05, 4.69) is 15.8 Å². The van der Waals surface area contributed by atoms with Gasteiger partial charge in [0, 0.05) is 17.4 Å². The van der Waals surface area contributed by atoms with Crippen LogP contribution in [-0.2, 0) is 0 Å². The quantitative estimate of drug-likeness (QED) is 0.767. The van der Waals surface area contributed by atoms with Crippen LogP contribution in [0, 0.1) is 6.92 Å². The molecule has 1 aromatic carbocycles. The van der Waals surface area contributed by atoms with Gasteiger partial charge in [-0.1, -0.05) is 17.3 Å². The summed E-state index contributed by atoms with van der Waals surface area (Å²) < 4.78 is 4.87. The van der Waals surface area contributed by atoms with E-state index in [4.69, 9.17) is 4.52 Å². The van der Waals surface area contributed by atoms with Gasteiger partial charge in [0.05, 0.1) is 4.88 Å². The topological polar surface area (TPSA) is 84.2 Å². The molecule has 23 heavy (non-hydrogen) atoms. The third-order valence-corrected chi connectivity index (χ3v) is 3.85. The summed E-state index contributed by atoms with van der Waals surface area (Å²) in [4.78, 5) is 24.7. The highest BCUT2D eigenvalue weighted by atomic mass is 32.1. The highest BCUT2D eigenvalue weighted by Crippen LogP contribution is 2.18. The SMILES string of the molecule is Cc1cc(C(=O)Nc2cccc(NC(=O)c3cccs3)c2)no1. The van der Waals surface area contributed by atoms with Gasteiger partial charge >= 0.3 is 0 Å². The molecule has 3 aromatic rings. The Hall–Kier alpha value is -2.93. The van der Waals surface area contributed by atoms with Crippen LogP contribution in [0.5, 0.6) is 0 Å². The number of nitrogens with one attached hydrogen (secondary N) is 2. The predicted molar refractivity (Wildman–Crippen MR) is 87.9 cm³/mol. The second-order valence-electron chi connectivity index (χ2n) is 4.79. The first-order valence-electron chi connectivity index (χ1n) is 6.81. The van der Waals surface area contributed by atoms with Crippen molar-refractivity contribution in [2.24, 2.45) is 0 Å². The average molecular weight is 327 g/mol. The lowest BCUT2D eigenvalue weighted by Crippen LogP contribution is -2.13. The van der Waals surface area contributed by atoms with E-state index in [0.29, 0.717) is 22.0 Å². The maximum Gasteiger partial charge on any atom is 0.277 e. The molecule has 0 aliphatic heterocycles. The Kier molecular flexibility index (Phi) is 4.20. The molecule has 0 fully saturated rings. The minimum absolute atomic E-state index is 0.185. The highest BCUT2D eigenvalue weighted by molar-refractivity contribution is 7.12. The predicted octanol–water partition coefficient (Wildman–Crippen LogP) is 3.55. The minimum Gasteiger partial charge on any atom is -0.361 e. The second-order valence-corrected chi connectivity index (χ2v) is 5.74. The first-order valence-corrected chi connectivity index (χ1v) is 7.69. The van der Waals surface area contributed by atoms with Crippen molar-refractivity contribution in [1.29, 1.82) is 0 Å². The molecule has 7 heteroatoms. The minimum atomic E-state index is -0.372. The lowest BCUT2D eigenvalue weighted by Gasteiger charge is -2.07. The molecule has 0 unspecified atom stereocenters. The van der Waals surface area contributed by atoms with Crippen molar-refractivity contribution in [3.63, 3.8) is 0 Å². The summed E-state index contributed by atoms with van der Waals surface area (Å²) >= 11 is 1.36. The number of rotatable bonds is 4. The van der Waals surface area contributed by atoms with E-state index in [9.17, 15) is 9.59 Å². The molecule has 0 aliphatic carbocycles. The summed E-state index contributed by atoms with van der Waals surface area (Å²) in [5.74, 6) is 0.00583. The molecule has 0 aliphatic rings. The molecule has 6 nitrogen and oxygen atoms in total. The number of aromatic nitrogens is 1. The molecule has 0 radical (unpaired) electrons. The Morgan fingerprint density at radius 3 is 2.39 bits per heavy atom. The number of aryl methyl sites for hydroxylation is 1. The number of carbonyl (C=O) groups is 2. The third-order valence-electron chi connectivity index (χ3n) is 2.98. The van der Waals surface area contributed by atoms with Crippen molar-refractivity contribution in [3.05, 3.63) is 64.2 Å². The molecule has 0 atom stereocenters. The Labute approximate surface area is 136 Å². The number of thiophene rings is 1. The van der Waals surface area contributed by atoms with Crippen molar-refractivity contribution < 1.29 is 14.1 Å². The van der Waals surface area contributed by atoms with E-state index < -0.39 is 0 Å². The molecule has 0 bridgehead atoms. The van der Waals surface area contributed by atoms with Gasteiger partial charge in [-0.25, -0.2) is 0 Å². The first kappa shape index (κ1) is 15.0. The number of hydrogen-bond acceptors (Lipinski definition) is 5. The Bertz CT molecular complexity index is 840. The van der Waals surface area contributed by atoms with Crippen LogP contribution in [0.25, 0.3) is 0 Å². The fourth-order valence-electron chi connectivity index (χ4n) is 1.94. The first-order chi connectivity index (χ1) is 11.1. The summed E-state index contributed by atoms with van der Waals surface area (Å²) in [5, 5.41) is 11.0. The number of nitrogens with zero attached hydrogens (tertiary/aromatic N) is 1. The Morgan fingerprint density at radius 1 is 1.04 bits per heavy atom. The normalized spacial score (nSPS) is 10.3. The van der Waals surface area contributed by atoms with E-state index in [1.54, 1.807) is 43.3 Å². The van der Waals surface area contributed by atoms with E-state index in [1.165, 1.54) is 11.3 Å². The number of carbonyl (C=O) groups excluding carboxylic acids is 2. The standard InChI is InChI=1S/C16H13N3O3S/c1-10-8-13(19-22-10)15(20)17-11-4-2-5-12(9-11)18-16(21)14-6-3-7-23-14/h2-9H,1H3,(H,17,20)(H,18,21). The zero-order chi connectivity index (χ0) is 16.2. The average Bonchev–Trinajstić information content (AvgIpc) is 3.18. The zero-order valence-electron chi connectivity index (χ0n) is 12.2. The second kappa shape index (κ2) is 6.45. The van der Waals surface area contributed by atoms with Gasteiger partial charge in [-0.05, 0) is 36.6 Å². The Balaban J connectivity index is 1.70. The molecule has 3 rings (SSSR count). The van der Waals surface area contributed by atoms with Crippen molar-refractivity contribution in [2.75, 3.05) is 10.6 Å². The molecule has 2 amide bonds. The molecule has 116 valence electrons. The largest absolute Gasteiger partial charge is 0.361 e. The van der Waals surface area contributed by atoms with Crippen molar-refractivity contribution in [3.8, 4) is 0 Å². The highest BCUT2D eigenvalue weighted by Gasteiger charge is 2.12. The smallest absolute Gasteiger partial charge is 0.277 e. The summed E-state index contributed by atoms with van der Waals surface area (Å²) in [6.45, 7) is 1.71. The zero-order valence-corrected chi connectivity index (χ0v) is 13.0. The van der Waals surface area contributed by atoms with Gasteiger partial charge in [0.1, 0.15) is 5.76 Å². The number of hydrogen-bond donors (Lipinski definition) is 2.